The lowest BCUT2D eigenvalue weighted by molar-refractivity contribution is 0.428. The van der Waals surface area contributed by atoms with Gasteiger partial charge >= 0.3 is 0 Å². The van der Waals surface area contributed by atoms with Crippen LogP contribution in [0.2, 0.25) is 5.02 Å². The highest BCUT2D eigenvalue weighted by atomic mass is 35.5. The number of aryl methyl sites for hydroxylation is 2. The molecule has 19 heavy (non-hydrogen) atoms. The number of nitrogens with one attached hydrogen (secondary N) is 2. The fourth-order valence-electron chi connectivity index (χ4n) is 2.28. The molecule has 0 amide bonds. The van der Waals surface area contributed by atoms with Gasteiger partial charge in [0.2, 0.25) is 10.0 Å². The van der Waals surface area contributed by atoms with E-state index in [0.29, 0.717) is 22.0 Å². The molecule has 0 radical (unpaired) electrons. The van der Waals surface area contributed by atoms with Crippen molar-refractivity contribution in [2.75, 3.05) is 13.1 Å². The molecule has 2 rings (SSSR count). The minimum absolute atomic E-state index is 0.0332. The minimum atomic E-state index is -3.48. The number of hydrogen-bond acceptors (Lipinski definition) is 3. The smallest absolute Gasteiger partial charge is 0.241 e. The van der Waals surface area contributed by atoms with Gasteiger partial charge in [0.15, 0.2) is 0 Å². The molecular weight excluding hydrogens is 284 g/mol. The first-order chi connectivity index (χ1) is 8.90. The summed E-state index contributed by atoms with van der Waals surface area (Å²) in [4.78, 5) is 0.319. The Kier molecular flexibility index (Phi) is 4.50. The largest absolute Gasteiger partial charge is 0.315 e. The van der Waals surface area contributed by atoms with Crippen LogP contribution in [-0.4, -0.2) is 27.5 Å². The van der Waals surface area contributed by atoms with E-state index in [1.165, 1.54) is 0 Å². The summed E-state index contributed by atoms with van der Waals surface area (Å²) in [6.45, 7) is 5.21. The number of piperidine rings is 1. The van der Waals surface area contributed by atoms with Crippen LogP contribution in [0, 0.1) is 13.8 Å². The third-order valence-electron chi connectivity index (χ3n) is 3.36. The SMILES string of the molecule is Cc1cc(S(=O)(=O)N[C@@H]2CCCNC2)c(C)cc1Cl. The number of hydrogen-bond donors (Lipinski definition) is 2. The molecule has 1 aliphatic rings. The highest BCUT2D eigenvalue weighted by Crippen LogP contribution is 2.24. The maximum Gasteiger partial charge on any atom is 0.241 e. The summed E-state index contributed by atoms with van der Waals surface area (Å²) < 4.78 is 27.6. The van der Waals surface area contributed by atoms with Crippen molar-refractivity contribution in [3.05, 3.63) is 28.3 Å². The van der Waals surface area contributed by atoms with Gasteiger partial charge in [0, 0.05) is 17.6 Å². The predicted octanol–water partition coefficient (Wildman–Crippen LogP) is 1.99. The Balaban J connectivity index is 2.26. The Bertz CT molecular complexity index is 566. The van der Waals surface area contributed by atoms with E-state index < -0.39 is 10.0 Å². The average molecular weight is 303 g/mol. The molecule has 0 unspecified atom stereocenters. The first-order valence-corrected chi connectivity index (χ1v) is 8.26. The van der Waals surface area contributed by atoms with Crippen molar-refractivity contribution < 1.29 is 8.42 Å². The van der Waals surface area contributed by atoms with E-state index >= 15 is 0 Å². The van der Waals surface area contributed by atoms with Crippen LogP contribution in [0.1, 0.15) is 24.0 Å². The van der Waals surface area contributed by atoms with E-state index in [4.69, 9.17) is 11.6 Å². The Morgan fingerprint density at radius 1 is 1.32 bits per heavy atom. The molecule has 1 aliphatic heterocycles. The molecule has 0 spiro atoms. The van der Waals surface area contributed by atoms with Crippen LogP contribution in [0.3, 0.4) is 0 Å². The van der Waals surface area contributed by atoms with Crippen LogP contribution in [0.4, 0.5) is 0 Å². The van der Waals surface area contributed by atoms with Gasteiger partial charge in [-0.1, -0.05) is 11.6 Å². The lowest BCUT2D eigenvalue weighted by Gasteiger charge is -2.24. The molecule has 4 nitrogen and oxygen atoms in total. The van der Waals surface area contributed by atoms with Crippen LogP contribution >= 0.6 is 11.6 Å². The number of benzene rings is 1. The van der Waals surface area contributed by atoms with Gasteiger partial charge in [-0.3, -0.25) is 0 Å². The summed E-state index contributed by atoms with van der Waals surface area (Å²) in [5.74, 6) is 0. The van der Waals surface area contributed by atoms with Gasteiger partial charge < -0.3 is 5.32 Å². The van der Waals surface area contributed by atoms with E-state index in [0.717, 1.165) is 24.9 Å². The van der Waals surface area contributed by atoms with Gasteiger partial charge in [-0.2, -0.15) is 0 Å². The van der Waals surface area contributed by atoms with Gasteiger partial charge in [0.25, 0.3) is 0 Å². The number of rotatable bonds is 3. The standard InChI is InChI=1S/C13H19ClN2O2S/c1-9-7-13(10(2)6-12(9)14)19(17,18)16-11-4-3-5-15-8-11/h6-7,11,15-16H,3-5,8H2,1-2H3/t11-/m1/s1. The van der Waals surface area contributed by atoms with Gasteiger partial charge in [0.1, 0.15) is 0 Å². The zero-order valence-corrected chi connectivity index (χ0v) is 12.7. The molecule has 1 aromatic rings. The molecule has 1 aromatic carbocycles. The average Bonchev–Trinajstić information content (AvgIpc) is 2.34. The van der Waals surface area contributed by atoms with Crippen LogP contribution in [0.25, 0.3) is 0 Å². The fraction of sp³-hybridized carbons (Fsp3) is 0.538. The Morgan fingerprint density at radius 2 is 2.05 bits per heavy atom. The molecule has 0 bridgehead atoms. The molecule has 106 valence electrons. The maximum atomic E-state index is 12.4. The molecule has 1 atom stereocenters. The maximum absolute atomic E-state index is 12.4. The van der Waals surface area contributed by atoms with Crippen molar-refractivity contribution in [3.8, 4) is 0 Å². The van der Waals surface area contributed by atoms with Crippen molar-refractivity contribution in [1.82, 2.24) is 10.0 Å². The lowest BCUT2D eigenvalue weighted by atomic mass is 10.1. The van der Waals surface area contributed by atoms with Crippen molar-refractivity contribution >= 4 is 21.6 Å². The van der Waals surface area contributed by atoms with Gasteiger partial charge in [-0.25, -0.2) is 13.1 Å². The van der Waals surface area contributed by atoms with Gasteiger partial charge in [-0.05, 0) is 56.5 Å². The zero-order chi connectivity index (χ0) is 14.0. The van der Waals surface area contributed by atoms with E-state index in [1.54, 1.807) is 19.1 Å². The Morgan fingerprint density at radius 3 is 2.68 bits per heavy atom. The van der Waals surface area contributed by atoms with E-state index in [1.807, 2.05) is 6.92 Å². The van der Waals surface area contributed by atoms with Crippen molar-refractivity contribution in [2.24, 2.45) is 0 Å². The van der Waals surface area contributed by atoms with Gasteiger partial charge in [-0.15, -0.1) is 0 Å². The number of sulfonamides is 1. The summed E-state index contributed by atoms with van der Waals surface area (Å²) in [6, 6.07) is 3.30. The summed E-state index contributed by atoms with van der Waals surface area (Å²) in [5.41, 5.74) is 1.45. The first kappa shape index (κ1) is 14.8. The van der Waals surface area contributed by atoms with Crippen LogP contribution < -0.4 is 10.0 Å². The van der Waals surface area contributed by atoms with Crippen molar-refractivity contribution in [3.63, 3.8) is 0 Å². The monoisotopic (exact) mass is 302 g/mol. The molecule has 1 heterocycles. The highest BCUT2D eigenvalue weighted by Gasteiger charge is 2.23. The molecule has 6 heteroatoms. The van der Waals surface area contributed by atoms with Gasteiger partial charge in [0.05, 0.1) is 4.90 Å². The summed E-state index contributed by atoms with van der Waals surface area (Å²) in [7, 11) is -3.48. The second-order valence-electron chi connectivity index (χ2n) is 5.03. The first-order valence-electron chi connectivity index (χ1n) is 6.40. The molecule has 0 aliphatic carbocycles. The van der Waals surface area contributed by atoms with E-state index in [9.17, 15) is 8.42 Å². The molecule has 0 aromatic heterocycles. The molecule has 1 fully saturated rings. The minimum Gasteiger partial charge on any atom is -0.315 e. The quantitative estimate of drug-likeness (QED) is 0.898. The highest BCUT2D eigenvalue weighted by molar-refractivity contribution is 7.89. The molecule has 0 saturated carbocycles. The Hall–Kier alpha value is -0.620. The molecule has 1 saturated heterocycles. The molecular formula is C13H19ClN2O2S. The predicted molar refractivity (Wildman–Crippen MR) is 77.1 cm³/mol. The van der Waals surface area contributed by atoms with Crippen LogP contribution in [0.15, 0.2) is 17.0 Å². The Labute approximate surface area is 119 Å². The summed E-state index contributed by atoms with van der Waals surface area (Å²) in [5, 5.41) is 3.79. The van der Waals surface area contributed by atoms with Crippen LogP contribution in [0.5, 0.6) is 0 Å². The van der Waals surface area contributed by atoms with E-state index in [2.05, 4.69) is 10.0 Å². The topological polar surface area (TPSA) is 58.2 Å². The second-order valence-corrected chi connectivity index (χ2v) is 7.12. The molecule has 2 N–H and O–H groups in total. The fourth-order valence-corrected chi connectivity index (χ4v) is 4.08. The zero-order valence-electron chi connectivity index (χ0n) is 11.2. The second kappa shape index (κ2) is 5.79. The van der Waals surface area contributed by atoms with Crippen molar-refractivity contribution in [1.29, 1.82) is 0 Å². The van der Waals surface area contributed by atoms with E-state index in [-0.39, 0.29) is 6.04 Å². The summed E-state index contributed by atoms with van der Waals surface area (Å²) >= 11 is 6.00. The third kappa shape index (κ3) is 3.48. The normalized spacial score (nSPS) is 20.5. The van der Waals surface area contributed by atoms with Crippen molar-refractivity contribution in [2.45, 2.75) is 37.6 Å². The number of halogens is 1. The van der Waals surface area contributed by atoms with Crippen LogP contribution in [-0.2, 0) is 10.0 Å². The summed E-state index contributed by atoms with van der Waals surface area (Å²) in [6.07, 6.45) is 1.86. The lowest BCUT2D eigenvalue weighted by Crippen LogP contribution is -2.45. The third-order valence-corrected chi connectivity index (χ3v) is 5.43.